The van der Waals surface area contributed by atoms with E-state index in [1.165, 1.54) is 5.56 Å². The number of nitrogens with one attached hydrogen (secondary N) is 1. The molecule has 3 rings (SSSR count). The fourth-order valence-corrected chi connectivity index (χ4v) is 2.51. The van der Waals surface area contributed by atoms with Crippen LogP contribution in [0.25, 0.3) is 0 Å². The highest BCUT2D eigenvalue weighted by Gasteiger charge is 2.25. The summed E-state index contributed by atoms with van der Waals surface area (Å²) in [6.07, 6.45) is 4.45. The summed E-state index contributed by atoms with van der Waals surface area (Å²) in [5, 5.41) is 3.03. The number of aryl methyl sites for hydroxylation is 1. The van der Waals surface area contributed by atoms with Crippen LogP contribution in [0.4, 0.5) is 11.4 Å². The molecular formula is C14H19N3O. The van der Waals surface area contributed by atoms with Crippen LogP contribution in [0.1, 0.15) is 24.8 Å². The summed E-state index contributed by atoms with van der Waals surface area (Å²) in [5.74, 6) is 0.132. The van der Waals surface area contributed by atoms with E-state index < -0.39 is 0 Å². The number of benzene rings is 1. The van der Waals surface area contributed by atoms with E-state index >= 15 is 0 Å². The molecule has 2 aliphatic rings. The zero-order chi connectivity index (χ0) is 12.5. The first-order valence-corrected chi connectivity index (χ1v) is 6.65. The molecule has 1 aromatic carbocycles. The highest BCUT2D eigenvalue weighted by atomic mass is 16.2. The number of carbonyl (C=O) groups excluding carboxylic acids is 1. The lowest BCUT2D eigenvalue weighted by molar-refractivity contribution is -0.119. The number of hydrogen-bond acceptors (Lipinski definition) is 3. The topological polar surface area (TPSA) is 58.4 Å². The van der Waals surface area contributed by atoms with Crippen molar-refractivity contribution in [2.24, 2.45) is 0 Å². The number of rotatable bonds is 3. The van der Waals surface area contributed by atoms with Crippen LogP contribution >= 0.6 is 0 Å². The Labute approximate surface area is 107 Å². The first-order valence-electron chi connectivity index (χ1n) is 6.65. The van der Waals surface area contributed by atoms with Crippen molar-refractivity contribution >= 4 is 17.3 Å². The molecule has 0 radical (unpaired) electrons. The Bertz CT molecular complexity index is 468. The van der Waals surface area contributed by atoms with Gasteiger partial charge in [-0.15, -0.1) is 0 Å². The Morgan fingerprint density at radius 1 is 1.44 bits per heavy atom. The zero-order valence-corrected chi connectivity index (χ0v) is 10.5. The molecule has 1 aliphatic carbocycles. The van der Waals surface area contributed by atoms with Gasteiger partial charge in [-0.1, -0.05) is 6.07 Å². The van der Waals surface area contributed by atoms with E-state index in [0.717, 1.165) is 43.6 Å². The van der Waals surface area contributed by atoms with Crippen molar-refractivity contribution in [1.82, 2.24) is 5.32 Å². The average Bonchev–Trinajstić information content (AvgIpc) is 3.14. The largest absolute Gasteiger partial charge is 0.399 e. The molecule has 0 unspecified atom stereocenters. The van der Waals surface area contributed by atoms with Crippen LogP contribution in [0.5, 0.6) is 0 Å². The van der Waals surface area contributed by atoms with Crippen LogP contribution < -0.4 is 16.0 Å². The molecule has 0 spiro atoms. The Morgan fingerprint density at radius 2 is 2.28 bits per heavy atom. The van der Waals surface area contributed by atoms with Crippen molar-refractivity contribution in [3.05, 3.63) is 23.8 Å². The molecule has 0 saturated heterocycles. The van der Waals surface area contributed by atoms with Crippen molar-refractivity contribution in [3.63, 3.8) is 0 Å². The maximum Gasteiger partial charge on any atom is 0.239 e. The van der Waals surface area contributed by atoms with Crippen LogP contribution in [-0.2, 0) is 11.2 Å². The van der Waals surface area contributed by atoms with E-state index in [4.69, 9.17) is 5.73 Å². The van der Waals surface area contributed by atoms with Crippen molar-refractivity contribution in [2.75, 3.05) is 23.7 Å². The molecule has 4 heteroatoms. The van der Waals surface area contributed by atoms with Crippen LogP contribution in [-0.4, -0.2) is 25.0 Å². The van der Waals surface area contributed by atoms with Crippen molar-refractivity contribution in [2.45, 2.75) is 31.7 Å². The van der Waals surface area contributed by atoms with Gasteiger partial charge in [-0.25, -0.2) is 0 Å². The SMILES string of the molecule is Nc1ccc2c(c1)N(CC(=O)NC1CC1)CCC2. The smallest absolute Gasteiger partial charge is 0.239 e. The maximum atomic E-state index is 11.9. The standard InChI is InChI=1S/C14H19N3O/c15-11-4-3-10-2-1-7-17(13(10)8-11)9-14(18)16-12-5-6-12/h3-4,8,12H,1-2,5-7,9,15H2,(H,16,18). The molecule has 0 atom stereocenters. The van der Waals surface area contributed by atoms with Gasteiger partial charge in [0.2, 0.25) is 5.91 Å². The van der Waals surface area contributed by atoms with Crippen molar-refractivity contribution < 1.29 is 4.79 Å². The van der Waals surface area contributed by atoms with Gasteiger partial charge in [0.1, 0.15) is 0 Å². The lowest BCUT2D eigenvalue weighted by Gasteiger charge is -2.31. The summed E-state index contributed by atoms with van der Waals surface area (Å²) in [5.41, 5.74) is 9.04. The van der Waals surface area contributed by atoms with Gasteiger partial charge in [0, 0.05) is 24.0 Å². The van der Waals surface area contributed by atoms with E-state index in [0.29, 0.717) is 12.6 Å². The monoisotopic (exact) mass is 245 g/mol. The molecule has 18 heavy (non-hydrogen) atoms. The summed E-state index contributed by atoms with van der Waals surface area (Å²) in [4.78, 5) is 14.0. The molecule has 1 aromatic rings. The number of amides is 1. The van der Waals surface area contributed by atoms with Crippen LogP contribution in [0, 0.1) is 0 Å². The van der Waals surface area contributed by atoms with Crippen LogP contribution in [0.3, 0.4) is 0 Å². The minimum Gasteiger partial charge on any atom is -0.399 e. The summed E-state index contributed by atoms with van der Waals surface area (Å²) in [6, 6.07) is 6.43. The maximum absolute atomic E-state index is 11.9. The highest BCUT2D eigenvalue weighted by molar-refractivity contribution is 5.82. The predicted molar refractivity (Wildman–Crippen MR) is 72.6 cm³/mol. The molecule has 4 nitrogen and oxygen atoms in total. The first-order chi connectivity index (χ1) is 8.72. The second-order valence-corrected chi connectivity index (χ2v) is 5.26. The van der Waals surface area contributed by atoms with E-state index in [1.807, 2.05) is 12.1 Å². The van der Waals surface area contributed by atoms with Gasteiger partial charge in [-0.3, -0.25) is 4.79 Å². The molecule has 1 heterocycles. The Hall–Kier alpha value is -1.71. The van der Waals surface area contributed by atoms with Gasteiger partial charge >= 0.3 is 0 Å². The number of nitrogens with zero attached hydrogens (tertiary/aromatic N) is 1. The van der Waals surface area contributed by atoms with E-state index in [2.05, 4.69) is 16.3 Å². The molecular weight excluding hydrogens is 226 g/mol. The number of nitrogen functional groups attached to an aromatic ring is 1. The van der Waals surface area contributed by atoms with Gasteiger partial charge in [0.05, 0.1) is 6.54 Å². The third-order valence-electron chi connectivity index (χ3n) is 3.60. The van der Waals surface area contributed by atoms with Gasteiger partial charge in [0.25, 0.3) is 0 Å². The van der Waals surface area contributed by atoms with Crippen LogP contribution in [0.2, 0.25) is 0 Å². The summed E-state index contributed by atoms with van der Waals surface area (Å²) in [6.45, 7) is 1.39. The minimum absolute atomic E-state index is 0.132. The van der Waals surface area contributed by atoms with Gasteiger partial charge in [-0.05, 0) is 43.4 Å². The van der Waals surface area contributed by atoms with Gasteiger partial charge in [0.15, 0.2) is 0 Å². The lowest BCUT2D eigenvalue weighted by atomic mass is 10.0. The van der Waals surface area contributed by atoms with E-state index in [9.17, 15) is 4.79 Å². The Morgan fingerprint density at radius 3 is 3.06 bits per heavy atom. The fraction of sp³-hybridized carbons (Fsp3) is 0.500. The molecule has 1 aliphatic heterocycles. The Balaban J connectivity index is 1.73. The summed E-state index contributed by atoms with van der Waals surface area (Å²) < 4.78 is 0. The average molecular weight is 245 g/mol. The number of nitrogens with two attached hydrogens (primary N) is 1. The second kappa shape index (κ2) is 4.52. The third-order valence-corrected chi connectivity index (χ3v) is 3.60. The molecule has 1 fully saturated rings. The second-order valence-electron chi connectivity index (χ2n) is 5.26. The fourth-order valence-electron chi connectivity index (χ4n) is 2.51. The quantitative estimate of drug-likeness (QED) is 0.789. The molecule has 0 aromatic heterocycles. The van der Waals surface area contributed by atoms with E-state index in [1.54, 1.807) is 0 Å². The molecule has 0 bridgehead atoms. The molecule has 1 saturated carbocycles. The first kappa shape index (κ1) is 11.4. The summed E-state index contributed by atoms with van der Waals surface area (Å²) >= 11 is 0. The number of carbonyl (C=O) groups is 1. The van der Waals surface area contributed by atoms with Crippen LogP contribution in [0.15, 0.2) is 18.2 Å². The minimum atomic E-state index is 0.132. The van der Waals surface area contributed by atoms with Crippen molar-refractivity contribution in [1.29, 1.82) is 0 Å². The highest BCUT2D eigenvalue weighted by Crippen LogP contribution is 2.29. The molecule has 1 amide bonds. The van der Waals surface area contributed by atoms with Gasteiger partial charge in [-0.2, -0.15) is 0 Å². The van der Waals surface area contributed by atoms with Crippen molar-refractivity contribution in [3.8, 4) is 0 Å². The lowest BCUT2D eigenvalue weighted by Crippen LogP contribution is -2.40. The number of anilines is 2. The van der Waals surface area contributed by atoms with E-state index in [-0.39, 0.29) is 5.91 Å². The predicted octanol–water partition coefficient (Wildman–Crippen LogP) is 1.30. The zero-order valence-electron chi connectivity index (χ0n) is 10.5. The normalized spacial score (nSPS) is 18.3. The molecule has 3 N–H and O–H groups in total. The third kappa shape index (κ3) is 2.42. The number of fused-ring (bicyclic) bond motifs is 1. The van der Waals surface area contributed by atoms with Gasteiger partial charge < -0.3 is 16.0 Å². The number of hydrogen-bond donors (Lipinski definition) is 2. The molecule has 96 valence electrons. The summed E-state index contributed by atoms with van der Waals surface area (Å²) in [7, 11) is 0. The Kier molecular flexibility index (Phi) is 2.86.